The smallest absolute Gasteiger partial charge is 0.319 e. The number of rotatable bonds is 8. The summed E-state index contributed by atoms with van der Waals surface area (Å²) >= 11 is 1.06. The summed E-state index contributed by atoms with van der Waals surface area (Å²) < 4.78 is 17.9. The van der Waals surface area contributed by atoms with Crippen LogP contribution < -0.4 is 10.6 Å². The first-order valence-electron chi connectivity index (χ1n) is 9.39. The Kier molecular flexibility index (Phi) is 8.46. The van der Waals surface area contributed by atoms with E-state index in [-0.39, 0.29) is 11.7 Å². The van der Waals surface area contributed by atoms with E-state index in [4.69, 9.17) is 4.74 Å². The van der Waals surface area contributed by atoms with Crippen LogP contribution in [0, 0.1) is 17.1 Å². The third kappa shape index (κ3) is 7.38. The van der Waals surface area contributed by atoms with Crippen molar-refractivity contribution in [2.24, 2.45) is 0 Å². The lowest BCUT2D eigenvalue weighted by Gasteiger charge is -2.31. The Hall–Kier alpha value is -2.60. The van der Waals surface area contributed by atoms with Crippen LogP contribution in [0.3, 0.4) is 0 Å². The number of carbonyl (C=O) groups excluding carboxylic acids is 3. The first-order valence-corrected chi connectivity index (χ1v) is 10.4. The SMILES string of the molecule is C[C@@H](SCC(=O)Nc1ccc(F)cc1)C(=O)OCC(=O)NC1(C#N)CCCCC1. The number of nitriles is 1. The van der Waals surface area contributed by atoms with E-state index in [0.29, 0.717) is 18.5 Å². The molecule has 2 rings (SSSR count). The summed E-state index contributed by atoms with van der Waals surface area (Å²) in [5.74, 6) is -1.87. The summed E-state index contributed by atoms with van der Waals surface area (Å²) in [5, 5.41) is 14.0. The van der Waals surface area contributed by atoms with Crippen LogP contribution in [0.25, 0.3) is 0 Å². The second-order valence-corrected chi connectivity index (χ2v) is 8.25. The summed E-state index contributed by atoms with van der Waals surface area (Å²) in [6.45, 7) is 1.11. The third-order valence-corrected chi connectivity index (χ3v) is 5.69. The van der Waals surface area contributed by atoms with Crippen molar-refractivity contribution in [1.82, 2.24) is 5.32 Å². The number of hydrogen-bond donors (Lipinski definition) is 2. The molecule has 0 saturated heterocycles. The molecule has 0 heterocycles. The number of nitrogens with one attached hydrogen (secondary N) is 2. The number of ether oxygens (including phenoxy) is 1. The fourth-order valence-electron chi connectivity index (χ4n) is 2.98. The molecule has 1 saturated carbocycles. The second-order valence-electron chi connectivity index (χ2n) is 6.92. The topological polar surface area (TPSA) is 108 Å². The zero-order valence-corrected chi connectivity index (χ0v) is 17.0. The number of thioether (sulfide) groups is 1. The zero-order chi connectivity index (χ0) is 21.3. The van der Waals surface area contributed by atoms with E-state index in [1.165, 1.54) is 24.3 Å². The van der Waals surface area contributed by atoms with Gasteiger partial charge in [0.1, 0.15) is 16.6 Å². The highest BCUT2D eigenvalue weighted by atomic mass is 32.2. The number of carbonyl (C=O) groups is 3. The molecule has 0 radical (unpaired) electrons. The first-order chi connectivity index (χ1) is 13.8. The van der Waals surface area contributed by atoms with Crippen LogP contribution in [0.5, 0.6) is 0 Å². The van der Waals surface area contributed by atoms with Gasteiger partial charge in [-0.25, -0.2) is 4.39 Å². The van der Waals surface area contributed by atoms with E-state index < -0.39 is 35.1 Å². The van der Waals surface area contributed by atoms with E-state index in [1.807, 2.05) is 0 Å². The van der Waals surface area contributed by atoms with E-state index in [9.17, 15) is 24.0 Å². The Morgan fingerprint density at radius 1 is 1.21 bits per heavy atom. The molecule has 1 aliphatic rings. The molecule has 7 nitrogen and oxygen atoms in total. The number of esters is 1. The highest BCUT2D eigenvalue weighted by Gasteiger charge is 2.33. The minimum Gasteiger partial charge on any atom is -0.455 e. The molecule has 9 heteroatoms. The van der Waals surface area contributed by atoms with Gasteiger partial charge in [0, 0.05) is 5.69 Å². The normalized spacial score (nSPS) is 16.2. The molecule has 1 aromatic carbocycles. The van der Waals surface area contributed by atoms with Crippen molar-refractivity contribution in [1.29, 1.82) is 5.26 Å². The van der Waals surface area contributed by atoms with Crippen LogP contribution in [0.4, 0.5) is 10.1 Å². The van der Waals surface area contributed by atoms with E-state index >= 15 is 0 Å². The van der Waals surface area contributed by atoms with Crippen molar-refractivity contribution in [3.05, 3.63) is 30.1 Å². The van der Waals surface area contributed by atoms with Gasteiger partial charge in [0.05, 0.1) is 11.8 Å². The van der Waals surface area contributed by atoms with Crippen molar-refractivity contribution in [3.63, 3.8) is 0 Å². The van der Waals surface area contributed by atoms with Gasteiger partial charge in [0.25, 0.3) is 5.91 Å². The number of nitrogens with zero attached hydrogens (tertiary/aromatic N) is 1. The van der Waals surface area contributed by atoms with E-state index in [0.717, 1.165) is 31.0 Å². The molecule has 0 aromatic heterocycles. The van der Waals surface area contributed by atoms with Crippen LogP contribution in [-0.2, 0) is 19.1 Å². The Morgan fingerprint density at radius 2 is 1.86 bits per heavy atom. The molecule has 1 atom stereocenters. The molecule has 0 bridgehead atoms. The molecule has 1 aliphatic carbocycles. The second kappa shape index (κ2) is 10.8. The fourth-order valence-corrected chi connectivity index (χ4v) is 3.65. The predicted octanol–water partition coefficient (Wildman–Crippen LogP) is 2.77. The molecule has 1 fully saturated rings. The Labute approximate surface area is 173 Å². The molecular weight excluding hydrogens is 397 g/mol. The van der Waals surface area contributed by atoms with Crippen molar-refractivity contribution < 1.29 is 23.5 Å². The lowest BCUT2D eigenvalue weighted by Crippen LogP contribution is -2.50. The summed E-state index contributed by atoms with van der Waals surface area (Å²) in [6, 6.07) is 7.52. The lowest BCUT2D eigenvalue weighted by atomic mass is 9.83. The standard InChI is InChI=1S/C20H24FN3O4S/c1-14(29-12-18(26)23-16-7-5-15(21)6-8-16)19(27)28-11-17(25)24-20(13-22)9-3-2-4-10-20/h5-8,14H,2-4,9-12H2,1H3,(H,23,26)(H,24,25)/t14-/m1/s1. The van der Waals surface area contributed by atoms with Crippen LogP contribution in [0.1, 0.15) is 39.0 Å². The zero-order valence-electron chi connectivity index (χ0n) is 16.2. The van der Waals surface area contributed by atoms with Crippen molar-refractivity contribution in [2.45, 2.75) is 49.8 Å². The molecule has 2 N–H and O–H groups in total. The summed E-state index contributed by atoms with van der Waals surface area (Å²) in [4.78, 5) is 36.0. The number of halogens is 1. The van der Waals surface area contributed by atoms with E-state index in [1.54, 1.807) is 6.92 Å². The van der Waals surface area contributed by atoms with Crippen LogP contribution in [-0.4, -0.2) is 40.9 Å². The summed E-state index contributed by atoms with van der Waals surface area (Å²) in [6.07, 6.45) is 3.98. The van der Waals surface area contributed by atoms with Gasteiger partial charge in [0.2, 0.25) is 5.91 Å². The molecule has 0 spiro atoms. The molecule has 1 aromatic rings. The van der Waals surface area contributed by atoms with Gasteiger partial charge in [-0.3, -0.25) is 14.4 Å². The predicted molar refractivity (Wildman–Crippen MR) is 107 cm³/mol. The average Bonchev–Trinajstić information content (AvgIpc) is 2.72. The highest BCUT2D eigenvalue weighted by molar-refractivity contribution is 8.01. The summed E-state index contributed by atoms with van der Waals surface area (Å²) in [7, 11) is 0. The Bertz CT molecular complexity index is 773. The van der Waals surface area contributed by atoms with E-state index in [2.05, 4.69) is 16.7 Å². The van der Waals surface area contributed by atoms with Crippen LogP contribution >= 0.6 is 11.8 Å². The Morgan fingerprint density at radius 3 is 2.48 bits per heavy atom. The number of anilines is 1. The van der Waals surface area contributed by atoms with Gasteiger partial charge in [-0.15, -0.1) is 11.8 Å². The largest absolute Gasteiger partial charge is 0.455 e. The van der Waals surface area contributed by atoms with Crippen LogP contribution in [0.15, 0.2) is 24.3 Å². The molecule has 29 heavy (non-hydrogen) atoms. The van der Waals surface area contributed by atoms with Gasteiger partial charge in [-0.1, -0.05) is 19.3 Å². The van der Waals surface area contributed by atoms with Crippen molar-refractivity contribution in [3.8, 4) is 6.07 Å². The lowest BCUT2D eigenvalue weighted by molar-refractivity contribution is -0.148. The highest BCUT2D eigenvalue weighted by Crippen LogP contribution is 2.27. The van der Waals surface area contributed by atoms with Gasteiger partial charge in [0.15, 0.2) is 6.61 Å². The Balaban J connectivity index is 1.70. The molecule has 2 amide bonds. The van der Waals surface area contributed by atoms with Crippen LogP contribution in [0.2, 0.25) is 0 Å². The maximum atomic E-state index is 12.9. The maximum Gasteiger partial charge on any atom is 0.319 e. The molecule has 0 aliphatic heterocycles. The number of hydrogen-bond acceptors (Lipinski definition) is 6. The average molecular weight is 421 g/mol. The fraction of sp³-hybridized carbons (Fsp3) is 0.500. The molecular formula is C20H24FN3O4S. The van der Waals surface area contributed by atoms with Crippen molar-refractivity contribution in [2.75, 3.05) is 17.7 Å². The van der Waals surface area contributed by atoms with Gasteiger partial charge in [-0.05, 0) is 44.0 Å². The van der Waals surface area contributed by atoms with Gasteiger partial charge in [-0.2, -0.15) is 5.26 Å². The number of benzene rings is 1. The van der Waals surface area contributed by atoms with Gasteiger partial charge >= 0.3 is 5.97 Å². The quantitative estimate of drug-likeness (QED) is 0.625. The minimum absolute atomic E-state index is 0.00260. The van der Waals surface area contributed by atoms with Gasteiger partial charge < -0.3 is 15.4 Å². The first kappa shape index (κ1) is 22.7. The monoisotopic (exact) mass is 421 g/mol. The molecule has 0 unspecified atom stereocenters. The maximum absolute atomic E-state index is 12.9. The third-order valence-electron chi connectivity index (χ3n) is 4.57. The number of amides is 2. The molecule has 156 valence electrons. The minimum atomic E-state index is -0.874. The summed E-state index contributed by atoms with van der Waals surface area (Å²) in [5.41, 5.74) is -0.418. The van der Waals surface area contributed by atoms with Crippen molar-refractivity contribution >= 4 is 35.2 Å².